The van der Waals surface area contributed by atoms with Gasteiger partial charge in [-0.25, -0.2) is 0 Å². The smallest absolute Gasteiger partial charge is 0.421 e. The van der Waals surface area contributed by atoms with Crippen LogP contribution in [0.4, 0.5) is 18.9 Å². The van der Waals surface area contributed by atoms with E-state index in [1.807, 2.05) is 0 Å². The molecule has 0 atom stereocenters. The molecule has 0 bridgehead atoms. The van der Waals surface area contributed by atoms with E-state index in [1.165, 1.54) is 0 Å². The lowest BCUT2D eigenvalue weighted by atomic mass is 10.1. The van der Waals surface area contributed by atoms with Gasteiger partial charge < -0.3 is 15.9 Å². The number of halogens is 4. The topological polar surface area (TPSA) is 66.5 Å². The minimum atomic E-state index is -4.82. The highest BCUT2D eigenvalue weighted by molar-refractivity contribution is 6.32. The molecule has 14 heavy (non-hydrogen) atoms. The summed E-state index contributed by atoms with van der Waals surface area (Å²) in [6.45, 7) is 0. The molecular formula is C7H5ClF3NO2. The first-order valence-corrected chi connectivity index (χ1v) is 3.70. The molecular weight excluding hydrogens is 223 g/mol. The van der Waals surface area contributed by atoms with Crippen LogP contribution in [0.1, 0.15) is 5.56 Å². The van der Waals surface area contributed by atoms with Crippen molar-refractivity contribution in [2.45, 2.75) is 6.18 Å². The van der Waals surface area contributed by atoms with E-state index >= 15 is 0 Å². The van der Waals surface area contributed by atoms with Gasteiger partial charge in [0.25, 0.3) is 0 Å². The van der Waals surface area contributed by atoms with Crippen molar-refractivity contribution in [1.29, 1.82) is 0 Å². The van der Waals surface area contributed by atoms with Gasteiger partial charge in [-0.2, -0.15) is 13.2 Å². The molecule has 1 aromatic carbocycles. The fraction of sp³-hybridized carbons (Fsp3) is 0.143. The molecule has 4 N–H and O–H groups in total. The van der Waals surface area contributed by atoms with Gasteiger partial charge in [-0.3, -0.25) is 0 Å². The van der Waals surface area contributed by atoms with Gasteiger partial charge in [-0.1, -0.05) is 11.6 Å². The highest BCUT2D eigenvalue weighted by atomic mass is 35.5. The van der Waals surface area contributed by atoms with E-state index < -0.39 is 33.9 Å². The number of benzene rings is 1. The molecule has 0 aliphatic rings. The Bertz CT molecular complexity index is 378. The molecule has 0 aliphatic carbocycles. The van der Waals surface area contributed by atoms with Crippen molar-refractivity contribution in [3.63, 3.8) is 0 Å². The van der Waals surface area contributed by atoms with Crippen LogP contribution in [0.25, 0.3) is 0 Å². The van der Waals surface area contributed by atoms with Crippen molar-refractivity contribution in [2.75, 3.05) is 5.73 Å². The molecule has 78 valence electrons. The number of hydrogen-bond donors (Lipinski definition) is 3. The fourth-order valence-corrected chi connectivity index (χ4v) is 1.21. The van der Waals surface area contributed by atoms with Crippen LogP contribution in [0.5, 0.6) is 11.5 Å². The molecule has 7 heteroatoms. The van der Waals surface area contributed by atoms with Crippen molar-refractivity contribution >= 4 is 17.3 Å². The standard InChI is InChI=1S/C7H5ClF3NO2/c8-2-1-3(13)5(12)6(14)4(2)7(9,10)11/h1,13-14H,12H2. The van der Waals surface area contributed by atoms with Gasteiger partial charge in [0.2, 0.25) is 0 Å². The van der Waals surface area contributed by atoms with Gasteiger partial charge in [0.15, 0.2) is 5.75 Å². The quantitative estimate of drug-likeness (QED) is 0.471. The second kappa shape index (κ2) is 3.13. The summed E-state index contributed by atoms with van der Waals surface area (Å²) in [5, 5.41) is 17.1. The van der Waals surface area contributed by atoms with Crippen LogP contribution in [-0.4, -0.2) is 10.2 Å². The molecule has 0 aromatic heterocycles. The maximum absolute atomic E-state index is 12.2. The number of nitrogen functional groups attached to an aromatic ring is 1. The van der Waals surface area contributed by atoms with Crippen LogP contribution < -0.4 is 5.73 Å². The summed E-state index contributed by atoms with van der Waals surface area (Å²) in [4.78, 5) is 0. The molecule has 0 amide bonds. The number of rotatable bonds is 0. The maximum atomic E-state index is 12.2. The van der Waals surface area contributed by atoms with Crippen LogP contribution in [-0.2, 0) is 6.18 Å². The number of alkyl halides is 3. The predicted octanol–water partition coefficient (Wildman–Crippen LogP) is 2.35. The summed E-state index contributed by atoms with van der Waals surface area (Å²) in [6.07, 6.45) is -4.82. The molecule has 1 rings (SSSR count). The average Bonchev–Trinajstić information content (AvgIpc) is 1.97. The number of anilines is 1. The third kappa shape index (κ3) is 1.65. The Labute approximate surface area is 81.5 Å². The Morgan fingerprint density at radius 3 is 2.21 bits per heavy atom. The summed E-state index contributed by atoms with van der Waals surface area (Å²) in [6, 6.07) is 0.624. The lowest BCUT2D eigenvalue weighted by Crippen LogP contribution is -2.07. The number of nitrogens with two attached hydrogens (primary N) is 1. The first kappa shape index (κ1) is 10.8. The zero-order chi connectivity index (χ0) is 11.1. The van der Waals surface area contributed by atoms with Gasteiger partial charge in [-0.15, -0.1) is 0 Å². The molecule has 3 nitrogen and oxygen atoms in total. The molecule has 0 spiro atoms. The average molecular weight is 228 g/mol. The zero-order valence-electron chi connectivity index (χ0n) is 6.56. The van der Waals surface area contributed by atoms with E-state index in [0.717, 1.165) is 0 Å². The van der Waals surface area contributed by atoms with E-state index in [1.54, 1.807) is 0 Å². The molecule has 0 saturated carbocycles. The van der Waals surface area contributed by atoms with Crippen LogP contribution in [0.2, 0.25) is 5.02 Å². The molecule has 0 fully saturated rings. The van der Waals surface area contributed by atoms with E-state index in [9.17, 15) is 13.2 Å². The fourth-order valence-electron chi connectivity index (χ4n) is 0.909. The van der Waals surface area contributed by atoms with Crippen molar-refractivity contribution in [3.05, 3.63) is 16.7 Å². The SMILES string of the molecule is Nc1c(O)cc(Cl)c(C(F)(F)F)c1O. The van der Waals surface area contributed by atoms with Crippen molar-refractivity contribution in [2.24, 2.45) is 0 Å². The number of hydrogen-bond acceptors (Lipinski definition) is 3. The molecule has 0 saturated heterocycles. The molecule has 0 aliphatic heterocycles. The van der Waals surface area contributed by atoms with Crippen molar-refractivity contribution in [3.8, 4) is 11.5 Å². The Kier molecular flexibility index (Phi) is 2.41. The van der Waals surface area contributed by atoms with Crippen LogP contribution in [0.3, 0.4) is 0 Å². The molecule has 0 radical (unpaired) electrons. The summed E-state index contributed by atoms with van der Waals surface area (Å²) >= 11 is 5.20. The summed E-state index contributed by atoms with van der Waals surface area (Å²) in [5.74, 6) is -1.96. The first-order valence-electron chi connectivity index (χ1n) is 3.32. The van der Waals surface area contributed by atoms with Gasteiger partial charge >= 0.3 is 6.18 Å². The Hall–Kier alpha value is -1.30. The van der Waals surface area contributed by atoms with Gasteiger partial charge in [0.1, 0.15) is 17.0 Å². The Morgan fingerprint density at radius 2 is 1.79 bits per heavy atom. The monoisotopic (exact) mass is 227 g/mol. The second-order valence-corrected chi connectivity index (χ2v) is 2.92. The molecule has 1 aromatic rings. The number of phenolic OH excluding ortho intramolecular Hbond substituents is 2. The Morgan fingerprint density at radius 1 is 1.29 bits per heavy atom. The highest BCUT2D eigenvalue weighted by Gasteiger charge is 2.38. The lowest BCUT2D eigenvalue weighted by molar-refractivity contribution is -0.138. The first-order chi connectivity index (χ1) is 6.25. The summed E-state index contributed by atoms with van der Waals surface area (Å²) < 4.78 is 36.7. The van der Waals surface area contributed by atoms with Crippen molar-refractivity contribution in [1.82, 2.24) is 0 Å². The highest BCUT2D eigenvalue weighted by Crippen LogP contribution is 2.46. The van der Waals surface area contributed by atoms with Gasteiger partial charge in [0, 0.05) is 6.07 Å². The third-order valence-corrected chi connectivity index (χ3v) is 1.85. The maximum Gasteiger partial charge on any atom is 0.421 e. The molecule has 0 unspecified atom stereocenters. The van der Waals surface area contributed by atoms with E-state index in [-0.39, 0.29) is 0 Å². The zero-order valence-corrected chi connectivity index (χ0v) is 7.32. The number of phenols is 2. The normalized spacial score (nSPS) is 11.7. The second-order valence-electron chi connectivity index (χ2n) is 2.51. The largest absolute Gasteiger partial charge is 0.506 e. The van der Waals surface area contributed by atoms with Crippen LogP contribution >= 0.6 is 11.6 Å². The minimum absolute atomic E-state index is 0.624. The van der Waals surface area contributed by atoms with Crippen molar-refractivity contribution < 1.29 is 23.4 Å². The van der Waals surface area contributed by atoms with Crippen LogP contribution in [0, 0.1) is 0 Å². The number of aromatic hydroxyl groups is 2. The lowest BCUT2D eigenvalue weighted by Gasteiger charge is -2.13. The minimum Gasteiger partial charge on any atom is -0.506 e. The van der Waals surface area contributed by atoms with Gasteiger partial charge in [-0.05, 0) is 0 Å². The summed E-state index contributed by atoms with van der Waals surface area (Å²) in [7, 11) is 0. The predicted molar refractivity (Wildman–Crippen MR) is 44.2 cm³/mol. The molecule has 0 heterocycles. The Balaban J connectivity index is 3.53. The van der Waals surface area contributed by atoms with Gasteiger partial charge in [0.05, 0.1) is 5.02 Å². The van der Waals surface area contributed by atoms with Crippen LogP contribution in [0.15, 0.2) is 6.07 Å². The summed E-state index contributed by atoms with van der Waals surface area (Å²) in [5.41, 5.74) is 2.79. The third-order valence-electron chi connectivity index (χ3n) is 1.55. The van der Waals surface area contributed by atoms with E-state index in [0.29, 0.717) is 6.07 Å². The van der Waals surface area contributed by atoms with E-state index in [2.05, 4.69) is 0 Å². The van der Waals surface area contributed by atoms with E-state index in [4.69, 9.17) is 27.5 Å².